The summed E-state index contributed by atoms with van der Waals surface area (Å²) in [4.78, 5) is 22.5. The van der Waals surface area contributed by atoms with Gasteiger partial charge in [0.25, 0.3) is 0 Å². The summed E-state index contributed by atoms with van der Waals surface area (Å²) in [6.45, 7) is 6.28. The van der Waals surface area contributed by atoms with E-state index in [0.717, 1.165) is 39.8 Å². The molecule has 32 heavy (non-hydrogen) atoms. The molecule has 0 unspecified atom stereocenters. The first kappa shape index (κ1) is 22.0. The summed E-state index contributed by atoms with van der Waals surface area (Å²) in [5, 5.41) is 3.90. The Balaban J connectivity index is 1.55. The molecule has 1 heterocycles. The molecule has 0 spiro atoms. The summed E-state index contributed by atoms with van der Waals surface area (Å²) in [5.74, 6) is 0.269. The van der Waals surface area contributed by atoms with Gasteiger partial charge in [0.2, 0.25) is 5.91 Å². The van der Waals surface area contributed by atoms with Crippen LogP contribution in [0, 0.1) is 13.8 Å². The van der Waals surface area contributed by atoms with Gasteiger partial charge >= 0.3 is 0 Å². The fraction of sp³-hybridized carbons (Fsp3) is 0.222. The molecular formula is C27H27N3OS. The first-order chi connectivity index (χ1) is 15.5. The maximum absolute atomic E-state index is 12.6. The molecule has 5 heteroatoms. The summed E-state index contributed by atoms with van der Waals surface area (Å²) >= 11 is 1.48. The van der Waals surface area contributed by atoms with Crippen molar-refractivity contribution in [2.45, 2.75) is 33.6 Å². The van der Waals surface area contributed by atoms with E-state index in [1.54, 1.807) is 0 Å². The number of carbonyl (C=O) groups excluding carboxylic acids is 1. The zero-order valence-corrected chi connectivity index (χ0v) is 19.5. The topological polar surface area (TPSA) is 53.8 Å². The van der Waals surface area contributed by atoms with Crippen LogP contribution in [0.3, 0.4) is 0 Å². The van der Waals surface area contributed by atoms with E-state index < -0.39 is 0 Å². The highest BCUT2D eigenvalue weighted by Crippen LogP contribution is 2.36. The molecule has 0 bridgehead atoms. The molecule has 4 rings (SSSR count). The number of rotatable bonds is 5. The Labute approximate surface area is 193 Å². The van der Waals surface area contributed by atoms with Crippen LogP contribution >= 0.6 is 11.8 Å². The third-order valence-electron chi connectivity index (χ3n) is 5.51. The van der Waals surface area contributed by atoms with Gasteiger partial charge in [-0.2, -0.15) is 0 Å². The Morgan fingerprint density at radius 2 is 1.66 bits per heavy atom. The molecule has 0 aromatic heterocycles. The Morgan fingerprint density at radius 1 is 0.938 bits per heavy atom. The number of nitrogens with one attached hydrogen (secondary N) is 1. The summed E-state index contributed by atoms with van der Waals surface area (Å²) in [5.41, 5.74) is 8.20. The molecule has 4 nitrogen and oxygen atoms in total. The average molecular weight is 442 g/mol. The summed E-state index contributed by atoms with van der Waals surface area (Å²) in [7, 11) is 0. The standard InChI is InChI=1S/C27H27N3OS/c1-4-20-9-8-12-22(15-20)28-26(31)17-32-27-16-23(21-10-6-5-7-11-21)29-24-13-18(2)19(3)14-25(24)30-27/h5-15H,4,16-17H2,1-3H3,(H,28,31). The lowest BCUT2D eigenvalue weighted by molar-refractivity contribution is -0.113. The van der Waals surface area contributed by atoms with E-state index in [1.807, 2.05) is 36.4 Å². The van der Waals surface area contributed by atoms with E-state index in [9.17, 15) is 4.79 Å². The molecule has 1 amide bonds. The molecule has 0 saturated heterocycles. The second-order valence-electron chi connectivity index (χ2n) is 7.92. The summed E-state index contributed by atoms with van der Waals surface area (Å²) in [6, 6.07) is 22.3. The molecule has 0 atom stereocenters. The van der Waals surface area contributed by atoms with Crippen LogP contribution < -0.4 is 5.32 Å². The van der Waals surface area contributed by atoms with Gasteiger partial charge in [0.1, 0.15) is 0 Å². The van der Waals surface area contributed by atoms with Gasteiger partial charge in [-0.25, -0.2) is 4.99 Å². The number of hydrogen-bond acceptors (Lipinski definition) is 4. The molecule has 1 N–H and O–H groups in total. The molecule has 3 aromatic carbocycles. The average Bonchev–Trinajstić information content (AvgIpc) is 2.98. The second kappa shape index (κ2) is 9.96. The van der Waals surface area contributed by atoms with Crippen molar-refractivity contribution < 1.29 is 4.79 Å². The van der Waals surface area contributed by atoms with E-state index in [2.05, 4.69) is 56.4 Å². The molecule has 0 aliphatic carbocycles. The van der Waals surface area contributed by atoms with Crippen LogP contribution in [0.2, 0.25) is 0 Å². The molecule has 0 radical (unpaired) electrons. The number of fused-ring (bicyclic) bond motifs is 1. The zero-order chi connectivity index (χ0) is 22.5. The molecular weight excluding hydrogens is 414 g/mol. The molecule has 3 aromatic rings. The first-order valence-electron chi connectivity index (χ1n) is 10.8. The molecule has 1 aliphatic heterocycles. The van der Waals surface area contributed by atoms with Crippen LogP contribution in [-0.2, 0) is 11.2 Å². The maximum Gasteiger partial charge on any atom is 0.234 e. The number of thioether (sulfide) groups is 1. The zero-order valence-electron chi connectivity index (χ0n) is 18.7. The van der Waals surface area contributed by atoms with Gasteiger partial charge in [-0.3, -0.25) is 9.79 Å². The van der Waals surface area contributed by atoms with Crippen LogP contribution in [0.25, 0.3) is 0 Å². The number of benzene rings is 3. The van der Waals surface area contributed by atoms with Gasteiger partial charge < -0.3 is 5.32 Å². The van der Waals surface area contributed by atoms with Crippen molar-refractivity contribution in [1.82, 2.24) is 0 Å². The number of aliphatic imine (C=N–C) groups is 2. The molecule has 162 valence electrons. The van der Waals surface area contributed by atoms with Crippen LogP contribution in [0.5, 0.6) is 0 Å². The van der Waals surface area contributed by atoms with Crippen molar-refractivity contribution >= 4 is 45.5 Å². The number of amides is 1. The maximum atomic E-state index is 12.6. The number of anilines is 1. The van der Waals surface area contributed by atoms with Crippen molar-refractivity contribution in [1.29, 1.82) is 0 Å². The lowest BCUT2D eigenvalue weighted by Crippen LogP contribution is -2.16. The van der Waals surface area contributed by atoms with Gasteiger partial charge in [-0.05, 0) is 66.8 Å². The number of aryl methyl sites for hydroxylation is 3. The number of hydrogen-bond donors (Lipinski definition) is 1. The molecule has 0 fully saturated rings. The smallest absolute Gasteiger partial charge is 0.234 e. The second-order valence-corrected chi connectivity index (χ2v) is 8.97. The Kier molecular flexibility index (Phi) is 6.86. The predicted octanol–water partition coefficient (Wildman–Crippen LogP) is 6.79. The minimum absolute atomic E-state index is 0.0336. The van der Waals surface area contributed by atoms with E-state index in [1.165, 1.54) is 28.5 Å². The van der Waals surface area contributed by atoms with E-state index in [0.29, 0.717) is 12.2 Å². The van der Waals surface area contributed by atoms with E-state index in [-0.39, 0.29) is 5.91 Å². The van der Waals surface area contributed by atoms with Gasteiger partial charge in [0.15, 0.2) is 0 Å². The lowest BCUT2D eigenvalue weighted by Gasteiger charge is -2.09. The quantitative estimate of drug-likeness (QED) is 0.474. The van der Waals surface area contributed by atoms with Crippen molar-refractivity contribution in [2.24, 2.45) is 9.98 Å². The minimum atomic E-state index is -0.0336. The van der Waals surface area contributed by atoms with Crippen molar-refractivity contribution in [2.75, 3.05) is 11.1 Å². The third-order valence-corrected chi connectivity index (χ3v) is 6.48. The monoisotopic (exact) mass is 441 g/mol. The summed E-state index contributed by atoms with van der Waals surface area (Å²) < 4.78 is 0. The fourth-order valence-corrected chi connectivity index (χ4v) is 4.33. The largest absolute Gasteiger partial charge is 0.325 e. The first-order valence-corrected chi connectivity index (χ1v) is 11.8. The van der Waals surface area contributed by atoms with E-state index in [4.69, 9.17) is 9.98 Å². The minimum Gasteiger partial charge on any atom is -0.325 e. The Morgan fingerprint density at radius 3 is 2.38 bits per heavy atom. The molecule has 0 saturated carbocycles. The van der Waals surface area contributed by atoms with Crippen LogP contribution in [0.15, 0.2) is 76.7 Å². The van der Waals surface area contributed by atoms with Crippen molar-refractivity contribution in [3.8, 4) is 0 Å². The van der Waals surface area contributed by atoms with Gasteiger partial charge in [-0.1, -0.05) is 49.4 Å². The third kappa shape index (κ3) is 5.35. The van der Waals surface area contributed by atoms with Gasteiger partial charge in [0.05, 0.1) is 27.9 Å². The summed E-state index contributed by atoms with van der Waals surface area (Å²) in [6.07, 6.45) is 1.54. The number of nitrogens with zero attached hydrogens (tertiary/aromatic N) is 2. The molecule has 1 aliphatic rings. The van der Waals surface area contributed by atoms with Gasteiger partial charge in [0, 0.05) is 12.1 Å². The Bertz CT molecular complexity index is 1200. The SMILES string of the molecule is CCc1cccc(NC(=O)CSC2=Nc3cc(C)c(C)cc3N=C(c3ccccc3)C2)c1. The van der Waals surface area contributed by atoms with Gasteiger partial charge in [-0.15, -0.1) is 11.8 Å². The fourth-order valence-electron chi connectivity index (χ4n) is 3.56. The highest BCUT2D eigenvalue weighted by molar-refractivity contribution is 8.14. The Hall–Kier alpha value is -3.18. The van der Waals surface area contributed by atoms with Crippen molar-refractivity contribution in [3.05, 3.63) is 89.0 Å². The van der Waals surface area contributed by atoms with E-state index >= 15 is 0 Å². The highest BCUT2D eigenvalue weighted by atomic mass is 32.2. The lowest BCUT2D eigenvalue weighted by atomic mass is 10.1. The number of carbonyl (C=O) groups is 1. The van der Waals surface area contributed by atoms with Crippen LogP contribution in [0.1, 0.15) is 35.6 Å². The highest BCUT2D eigenvalue weighted by Gasteiger charge is 2.17. The van der Waals surface area contributed by atoms with Crippen molar-refractivity contribution in [3.63, 3.8) is 0 Å². The predicted molar refractivity (Wildman–Crippen MR) is 137 cm³/mol. The van der Waals surface area contributed by atoms with Crippen LogP contribution in [0.4, 0.5) is 17.1 Å². The normalized spacial score (nSPS) is 13.0. The van der Waals surface area contributed by atoms with Crippen LogP contribution in [-0.4, -0.2) is 22.4 Å².